The van der Waals surface area contributed by atoms with E-state index in [0.29, 0.717) is 31.6 Å². The first kappa shape index (κ1) is 13.8. The van der Waals surface area contributed by atoms with Crippen molar-refractivity contribution in [3.8, 4) is 11.3 Å². The topological polar surface area (TPSA) is 24.9 Å². The van der Waals surface area contributed by atoms with E-state index in [2.05, 4.69) is 10.3 Å². The number of alkyl halides is 2. The standard InChI is InChI=1S/C18H18F2N2/c19-18(20)16(17(18)9-11-21-12-10-17)15-8-4-7-14(22-15)13-5-2-1-3-6-13/h1-8,16,21H,9-12H2. The molecule has 1 unspecified atom stereocenters. The smallest absolute Gasteiger partial charge is 0.263 e. The highest BCUT2D eigenvalue weighted by Gasteiger charge is 2.80. The summed E-state index contributed by atoms with van der Waals surface area (Å²) in [4.78, 5) is 4.55. The molecule has 1 atom stereocenters. The van der Waals surface area contributed by atoms with E-state index in [1.54, 1.807) is 6.07 Å². The first-order valence-corrected chi connectivity index (χ1v) is 7.76. The van der Waals surface area contributed by atoms with E-state index >= 15 is 0 Å². The van der Waals surface area contributed by atoms with Gasteiger partial charge in [-0.15, -0.1) is 0 Å². The number of aromatic nitrogens is 1. The Balaban J connectivity index is 1.69. The molecular weight excluding hydrogens is 282 g/mol. The number of pyridine rings is 1. The molecule has 0 radical (unpaired) electrons. The molecule has 4 rings (SSSR count). The van der Waals surface area contributed by atoms with Gasteiger partial charge in [0.15, 0.2) is 0 Å². The number of rotatable bonds is 2. The number of nitrogens with zero attached hydrogens (tertiary/aromatic N) is 1. The second kappa shape index (κ2) is 4.85. The lowest BCUT2D eigenvalue weighted by atomic mass is 9.90. The van der Waals surface area contributed by atoms with E-state index in [4.69, 9.17) is 0 Å². The molecule has 1 N–H and O–H groups in total. The van der Waals surface area contributed by atoms with Crippen LogP contribution in [0.4, 0.5) is 8.78 Å². The van der Waals surface area contributed by atoms with Gasteiger partial charge in [0.05, 0.1) is 22.7 Å². The Bertz CT molecular complexity index is 678. The molecule has 2 aromatic rings. The molecule has 0 bridgehead atoms. The van der Waals surface area contributed by atoms with Gasteiger partial charge in [0, 0.05) is 5.56 Å². The summed E-state index contributed by atoms with van der Waals surface area (Å²) in [7, 11) is 0. The van der Waals surface area contributed by atoms with Gasteiger partial charge in [0.25, 0.3) is 5.92 Å². The zero-order valence-corrected chi connectivity index (χ0v) is 12.2. The van der Waals surface area contributed by atoms with Crippen molar-refractivity contribution >= 4 is 0 Å². The highest BCUT2D eigenvalue weighted by atomic mass is 19.3. The number of halogens is 2. The molecule has 1 aromatic carbocycles. The van der Waals surface area contributed by atoms with Crippen molar-refractivity contribution in [3.05, 3.63) is 54.2 Å². The largest absolute Gasteiger partial charge is 0.317 e. The van der Waals surface area contributed by atoms with Gasteiger partial charge in [0.2, 0.25) is 0 Å². The molecule has 0 amide bonds. The fourth-order valence-corrected chi connectivity index (χ4v) is 3.85. The third kappa shape index (κ3) is 1.90. The van der Waals surface area contributed by atoms with E-state index in [0.717, 1.165) is 11.3 Å². The van der Waals surface area contributed by atoms with Crippen LogP contribution in [0.2, 0.25) is 0 Å². The number of benzene rings is 1. The Morgan fingerprint density at radius 2 is 1.68 bits per heavy atom. The Labute approximate surface area is 128 Å². The van der Waals surface area contributed by atoms with Gasteiger partial charge in [-0.05, 0) is 38.1 Å². The van der Waals surface area contributed by atoms with Crippen LogP contribution in [-0.4, -0.2) is 24.0 Å². The second-order valence-electron chi connectivity index (χ2n) is 6.28. The summed E-state index contributed by atoms with van der Waals surface area (Å²) in [6, 6.07) is 15.2. The van der Waals surface area contributed by atoms with Crippen molar-refractivity contribution in [1.82, 2.24) is 10.3 Å². The van der Waals surface area contributed by atoms with Crippen molar-refractivity contribution in [2.24, 2.45) is 5.41 Å². The van der Waals surface area contributed by atoms with Crippen LogP contribution in [0.1, 0.15) is 24.5 Å². The van der Waals surface area contributed by atoms with E-state index in [-0.39, 0.29) is 0 Å². The van der Waals surface area contributed by atoms with Crippen molar-refractivity contribution < 1.29 is 8.78 Å². The third-order valence-corrected chi connectivity index (χ3v) is 5.13. The predicted octanol–water partition coefficient (Wildman–Crippen LogP) is 3.85. The Morgan fingerprint density at radius 1 is 0.955 bits per heavy atom. The molecule has 2 fully saturated rings. The molecule has 1 aromatic heterocycles. The highest BCUT2D eigenvalue weighted by molar-refractivity contribution is 5.59. The molecule has 2 nitrogen and oxygen atoms in total. The third-order valence-electron chi connectivity index (χ3n) is 5.13. The first-order valence-electron chi connectivity index (χ1n) is 7.76. The van der Waals surface area contributed by atoms with Gasteiger partial charge in [0.1, 0.15) is 0 Å². The van der Waals surface area contributed by atoms with E-state index < -0.39 is 17.3 Å². The molecule has 22 heavy (non-hydrogen) atoms. The summed E-state index contributed by atoms with van der Waals surface area (Å²) in [6.45, 7) is 1.34. The quantitative estimate of drug-likeness (QED) is 0.911. The summed E-state index contributed by atoms with van der Waals surface area (Å²) in [5.41, 5.74) is 1.39. The van der Waals surface area contributed by atoms with Gasteiger partial charge >= 0.3 is 0 Å². The van der Waals surface area contributed by atoms with Crippen LogP contribution < -0.4 is 5.32 Å². The molecular formula is C18H18F2N2. The minimum Gasteiger partial charge on any atom is -0.317 e. The molecule has 2 heterocycles. The summed E-state index contributed by atoms with van der Waals surface area (Å²) in [5, 5.41) is 3.17. The first-order chi connectivity index (χ1) is 10.7. The zero-order chi connectivity index (χ0) is 15.2. The molecule has 1 aliphatic carbocycles. The minimum absolute atomic E-state index is 0.530. The summed E-state index contributed by atoms with van der Waals surface area (Å²) in [5.74, 6) is -3.36. The lowest BCUT2D eigenvalue weighted by Crippen LogP contribution is -2.32. The molecule has 2 aliphatic rings. The van der Waals surface area contributed by atoms with Crippen molar-refractivity contribution in [3.63, 3.8) is 0 Å². The normalized spacial score (nSPS) is 25.1. The van der Waals surface area contributed by atoms with E-state index in [1.165, 1.54) is 0 Å². The van der Waals surface area contributed by atoms with Crippen LogP contribution in [0.15, 0.2) is 48.5 Å². The van der Waals surface area contributed by atoms with Crippen molar-refractivity contribution in [2.45, 2.75) is 24.7 Å². The number of nitrogens with one attached hydrogen (secondary N) is 1. The highest BCUT2D eigenvalue weighted by Crippen LogP contribution is 2.74. The molecule has 1 aliphatic heterocycles. The van der Waals surface area contributed by atoms with Gasteiger partial charge in [-0.3, -0.25) is 4.98 Å². The monoisotopic (exact) mass is 300 g/mol. The Kier molecular flexibility index (Phi) is 3.05. The maximum atomic E-state index is 14.5. The maximum Gasteiger partial charge on any atom is 0.263 e. The van der Waals surface area contributed by atoms with Gasteiger partial charge in [-0.25, -0.2) is 8.78 Å². The van der Waals surface area contributed by atoms with Crippen molar-refractivity contribution in [1.29, 1.82) is 0 Å². The lowest BCUT2D eigenvalue weighted by Gasteiger charge is -2.22. The van der Waals surface area contributed by atoms with Gasteiger partial charge in [-0.1, -0.05) is 36.4 Å². The second-order valence-corrected chi connectivity index (χ2v) is 6.28. The fraction of sp³-hybridized carbons (Fsp3) is 0.389. The van der Waals surface area contributed by atoms with Crippen LogP contribution >= 0.6 is 0 Å². The van der Waals surface area contributed by atoms with Gasteiger partial charge in [-0.2, -0.15) is 0 Å². The van der Waals surface area contributed by atoms with Crippen LogP contribution in [0, 0.1) is 5.41 Å². The molecule has 114 valence electrons. The predicted molar refractivity (Wildman–Crippen MR) is 81.9 cm³/mol. The molecule has 4 heteroatoms. The Morgan fingerprint density at radius 3 is 2.41 bits per heavy atom. The molecule has 1 saturated heterocycles. The average molecular weight is 300 g/mol. The number of hydrogen-bond donors (Lipinski definition) is 1. The van der Waals surface area contributed by atoms with Crippen LogP contribution in [0.3, 0.4) is 0 Å². The zero-order valence-electron chi connectivity index (χ0n) is 12.2. The fourth-order valence-electron chi connectivity index (χ4n) is 3.85. The van der Waals surface area contributed by atoms with E-state index in [1.807, 2.05) is 42.5 Å². The number of piperidine rings is 1. The Hall–Kier alpha value is -1.81. The van der Waals surface area contributed by atoms with Crippen LogP contribution in [0.5, 0.6) is 0 Å². The van der Waals surface area contributed by atoms with Crippen molar-refractivity contribution in [2.75, 3.05) is 13.1 Å². The van der Waals surface area contributed by atoms with Crippen LogP contribution in [-0.2, 0) is 0 Å². The maximum absolute atomic E-state index is 14.5. The summed E-state index contributed by atoms with van der Waals surface area (Å²) in [6.07, 6.45) is 1.06. The average Bonchev–Trinajstić information content (AvgIpc) is 3.02. The molecule has 1 saturated carbocycles. The summed E-state index contributed by atoms with van der Waals surface area (Å²) < 4.78 is 29.0. The SMILES string of the molecule is FC1(F)C(c2cccc(-c3ccccc3)n2)C12CCNCC2. The lowest BCUT2D eigenvalue weighted by molar-refractivity contribution is 0.0492. The van der Waals surface area contributed by atoms with Crippen LogP contribution in [0.25, 0.3) is 11.3 Å². The van der Waals surface area contributed by atoms with E-state index in [9.17, 15) is 8.78 Å². The van der Waals surface area contributed by atoms with Gasteiger partial charge < -0.3 is 5.32 Å². The summed E-state index contributed by atoms with van der Waals surface area (Å²) >= 11 is 0. The minimum atomic E-state index is -2.63. The number of hydrogen-bond acceptors (Lipinski definition) is 2. The molecule has 1 spiro atoms.